The van der Waals surface area contributed by atoms with Crippen LogP contribution in [-0.2, 0) is 20.7 Å². The third-order valence-electron chi connectivity index (χ3n) is 4.26. The molecular formula is C20H17FN2O3. The summed E-state index contributed by atoms with van der Waals surface area (Å²) in [6.07, 6.45) is 0.953. The third-order valence-corrected chi connectivity index (χ3v) is 4.26. The van der Waals surface area contributed by atoms with E-state index in [0.717, 1.165) is 11.1 Å². The summed E-state index contributed by atoms with van der Waals surface area (Å²) in [6.45, 7) is -0.356. The van der Waals surface area contributed by atoms with Gasteiger partial charge >= 0.3 is 5.97 Å². The van der Waals surface area contributed by atoms with Gasteiger partial charge in [-0.3, -0.25) is 9.59 Å². The van der Waals surface area contributed by atoms with Crippen LogP contribution in [0.15, 0.2) is 48.5 Å². The Morgan fingerprint density at radius 1 is 1.15 bits per heavy atom. The van der Waals surface area contributed by atoms with Crippen molar-refractivity contribution in [1.82, 2.24) is 0 Å². The average molecular weight is 352 g/mol. The number of ether oxygens (including phenoxy) is 1. The normalized spacial score (nSPS) is 17.8. The Hall–Kier alpha value is -3.20. The molecule has 5 nitrogen and oxygen atoms in total. The van der Waals surface area contributed by atoms with Crippen molar-refractivity contribution < 1.29 is 18.7 Å². The molecule has 0 aromatic heterocycles. The van der Waals surface area contributed by atoms with Crippen molar-refractivity contribution in [2.45, 2.75) is 18.8 Å². The van der Waals surface area contributed by atoms with Crippen LogP contribution in [0, 0.1) is 23.1 Å². The summed E-state index contributed by atoms with van der Waals surface area (Å²) in [4.78, 5) is 23.9. The second-order valence-corrected chi connectivity index (χ2v) is 6.19. The monoisotopic (exact) mass is 352 g/mol. The van der Waals surface area contributed by atoms with Crippen molar-refractivity contribution in [3.63, 3.8) is 0 Å². The number of halogens is 1. The van der Waals surface area contributed by atoms with Gasteiger partial charge in [0.2, 0.25) is 0 Å². The fraction of sp³-hybridized carbons (Fsp3) is 0.250. The topological polar surface area (TPSA) is 79.2 Å². The molecule has 0 heterocycles. The van der Waals surface area contributed by atoms with Gasteiger partial charge in [-0.25, -0.2) is 4.39 Å². The molecule has 0 saturated heterocycles. The van der Waals surface area contributed by atoms with Gasteiger partial charge in [-0.05, 0) is 47.7 Å². The van der Waals surface area contributed by atoms with Gasteiger partial charge in [0.1, 0.15) is 5.82 Å². The molecule has 2 aromatic carbocycles. The first-order valence-electron chi connectivity index (χ1n) is 8.24. The van der Waals surface area contributed by atoms with E-state index < -0.39 is 11.9 Å². The Morgan fingerprint density at radius 3 is 2.50 bits per heavy atom. The van der Waals surface area contributed by atoms with Crippen molar-refractivity contribution in [2.24, 2.45) is 5.92 Å². The van der Waals surface area contributed by atoms with Crippen molar-refractivity contribution in [1.29, 1.82) is 5.26 Å². The molecule has 0 radical (unpaired) electrons. The highest BCUT2D eigenvalue weighted by Crippen LogP contribution is 2.48. The first-order chi connectivity index (χ1) is 12.6. The van der Waals surface area contributed by atoms with Crippen LogP contribution in [0.2, 0.25) is 0 Å². The predicted molar refractivity (Wildman–Crippen MR) is 92.6 cm³/mol. The molecular weight excluding hydrogens is 335 g/mol. The van der Waals surface area contributed by atoms with Gasteiger partial charge < -0.3 is 10.1 Å². The summed E-state index contributed by atoms with van der Waals surface area (Å²) in [5, 5.41) is 11.3. The van der Waals surface area contributed by atoms with E-state index in [-0.39, 0.29) is 24.3 Å². The number of carbonyl (C=O) groups excluding carboxylic acids is 2. The minimum atomic E-state index is -0.426. The van der Waals surface area contributed by atoms with Crippen molar-refractivity contribution >= 4 is 17.6 Å². The lowest BCUT2D eigenvalue weighted by molar-refractivity contribution is -0.148. The summed E-state index contributed by atoms with van der Waals surface area (Å²) in [5.74, 6) is -1.41. The fourth-order valence-corrected chi connectivity index (χ4v) is 2.77. The van der Waals surface area contributed by atoms with Crippen LogP contribution in [0.4, 0.5) is 10.1 Å². The van der Waals surface area contributed by atoms with Crippen LogP contribution in [-0.4, -0.2) is 18.5 Å². The molecule has 132 valence electrons. The Kier molecular flexibility index (Phi) is 5.28. The SMILES string of the molecule is N#CCc1ccc(NC(=O)COC(=O)C2CC2c2ccc(F)cc2)cc1. The molecule has 26 heavy (non-hydrogen) atoms. The van der Waals surface area contributed by atoms with Gasteiger partial charge in [-0.15, -0.1) is 0 Å². The first kappa shape index (κ1) is 17.6. The van der Waals surface area contributed by atoms with Crippen LogP contribution in [0.5, 0.6) is 0 Å². The lowest BCUT2D eigenvalue weighted by Gasteiger charge is -2.07. The van der Waals surface area contributed by atoms with E-state index in [2.05, 4.69) is 5.32 Å². The third kappa shape index (κ3) is 4.45. The van der Waals surface area contributed by atoms with E-state index in [4.69, 9.17) is 10.00 Å². The van der Waals surface area contributed by atoms with Crippen LogP contribution in [0.1, 0.15) is 23.5 Å². The predicted octanol–water partition coefficient (Wildman–Crippen LogP) is 3.18. The number of nitrogens with one attached hydrogen (secondary N) is 1. The highest BCUT2D eigenvalue weighted by atomic mass is 19.1. The van der Waals surface area contributed by atoms with Gasteiger partial charge in [0.05, 0.1) is 18.4 Å². The Balaban J connectivity index is 1.44. The minimum Gasteiger partial charge on any atom is -0.455 e. The number of benzene rings is 2. The van der Waals surface area contributed by atoms with Gasteiger partial charge in [0.25, 0.3) is 5.91 Å². The molecule has 1 amide bonds. The molecule has 1 saturated carbocycles. The average Bonchev–Trinajstić information content (AvgIpc) is 3.43. The maximum Gasteiger partial charge on any atom is 0.310 e. The number of hydrogen-bond acceptors (Lipinski definition) is 4. The quantitative estimate of drug-likeness (QED) is 0.810. The minimum absolute atomic E-state index is 0.0267. The molecule has 2 atom stereocenters. The summed E-state index contributed by atoms with van der Waals surface area (Å²) in [7, 11) is 0. The number of esters is 1. The lowest BCUT2D eigenvalue weighted by atomic mass is 10.1. The molecule has 1 N–H and O–H groups in total. The number of anilines is 1. The van der Waals surface area contributed by atoms with Crippen LogP contribution < -0.4 is 5.32 Å². The summed E-state index contributed by atoms with van der Waals surface area (Å²) in [5.41, 5.74) is 2.33. The molecule has 2 unspecified atom stereocenters. The van der Waals surface area contributed by atoms with Crippen molar-refractivity contribution in [2.75, 3.05) is 11.9 Å². The van der Waals surface area contributed by atoms with E-state index in [0.29, 0.717) is 18.5 Å². The Morgan fingerprint density at radius 2 is 1.85 bits per heavy atom. The largest absolute Gasteiger partial charge is 0.455 e. The Bertz CT molecular complexity index is 841. The highest BCUT2D eigenvalue weighted by Gasteiger charge is 2.45. The molecule has 0 aliphatic heterocycles. The lowest BCUT2D eigenvalue weighted by Crippen LogP contribution is -2.21. The molecule has 2 aromatic rings. The van der Waals surface area contributed by atoms with Crippen LogP contribution >= 0.6 is 0 Å². The standard InChI is InChI=1S/C20H17FN2O3/c21-15-5-3-14(4-6-15)17-11-18(17)20(25)26-12-19(24)23-16-7-1-13(2-8-16)9-10-22/h1-8,17-18H,9,11-12H2,(H,23,24). The first-order valence-corrected chi connectivity index (χ1v) is 8.24. The zero-order valence-corrected chi connectivity index (χ0v) is 13.9. The zero-order valence-electron chi connectivity index (χ0n) is 13.9. The van der Waals surface area contributed by atoms with Gasteiger partial charge in [-0.2, -0.15) is 5.26 Å². The van der Waals surface area contributed by atoms with Crippen molar-refractivity contribution in [3.05, 3.63) is 65.5 Å². The van der Waals surface area contributed by atoms with Crippen LogP contribution in [0.25, 0.3) is 0 Å². The molecule has 3 rings (SSSR count). The number of hydrogen-bond donors (Lipinski definition) is 1. The maximum atomic E-state index is 12.9. The maximum absolute atomic E-state index is 12.9. The number of rotatable bonds is 6. The van der Waals surface area contributed by atoms with E-state index in [1.165, 1.54) is 12.1 Å². The van der Waals surface area contributed by atoms with Gasteiger partial charge in [0, 0.05) is 5.69 Å². The molecule has 1 aliphatic carbocycles. The fourth-order valence-electron chi connectivity index (χ4n) is 2.77. The van der Waals surface area contributed by atoms with Gasteiger partial charge in [0.15, 0.2) is 6.61 Å². The van der Waals surface area contributed by atoms with E-state index in [1.54, 1.807) is 36.4 Å². The summed E-state index contributed by atoms with van der Waals surface area (Å²) in [6, 6.07) is 15.0. The summed E-state index contributed by atoms with van der Waals surface area (Å²) >= 11 is 0. The number of nitriles is 1. The number of carbonyl (C=O) groups is 2. The smallest absolute Gasteiger partial charge is 0.310 e. The molecule has 1 fully saturated rings. The number of nitrogens with zero attached hydrogens (tertiary/aromatic N) is 1. The second-order valence-electron chi connectivity index (χ2n) is 6.19. The van der Waals surface area contributed by atoms with E-state index in [9.17, 15) is 14.0 Å². The number of amides is 1. The zero-order chi connectivity index (χ0) is 18.5. The van der Waals surface area contributed by atoms with E-state index in [1.807, 2.05) is 6.07 Å². The molecule has 0 spiro atoms. The molecule has 6 heteroatoms. The summed E-state index contributed by atoms with van der Waals surface area (Å²) < 4.78 is 18.0. The van der Waals surface area contributed by atoms with Crippen molar-refractivity contribution in [3.8, 4) is 6.07 Å². The molecule has 1 aliphatic rings. The Labute approximate surface area is 150 Å². The van der Waals surface area contributed by atoms with Gasteiger partial charge in [-0.1, -0.05) is 24.3 Å². The molecule has 0 bridgehead atoms. The highest BCUT2D eigenvalue weighted by molar-refractivity contribution is 5.93. The second kappa shape index (κ2) is 7.79. The van der Waals surface area contributed by atoms with Crippen LogP contribution in [0.3, 0.4) is 0 Å². The van der Waals surface area contributed by atoms with E-state index >= 15 is 0 Å².